The number of esters is 1. The summed E-state index contributed by atoms with van der Waals surface area (Å²) >= 11 is 0. The van der Waals surface area contributed by atoms with E-state index in [0.29, 0.717) is 6.54 Å². The number of aliphatic hydroxyl groups is 1. The minimum Gasteiger partial charge on any atom is -0.438 e. The molecule has 1 fully saturated rings. The number of aliphatic hydroxyl groups excluding tert-OH is 1. The Morgan fingerprint density at radius 2 is 2.09 bits per heavy atom. The van der Waals surface area contributed by atoms with E-state index in [1.807, 2.05) is 4.90 Å². The maximum Gasteiger partial charge on any atom is 0.322 e. The highest BCUT2D eigenvalue weighted by atomic mass is 16.6. The van der Waals surface area contributed by atoms with Crippen molar-refractivity contribution in [1.29, 1.82) is 0 Å². The summed E-state index contributed by atoms with van der Waals surface area (Å²) in [7, 11) is 0. The second-order valence-corrected chi connectivity index (χ2v) is 2.63. The van der Waals surface area contributed by atoms with E-state index >= 15 is 0 Å². The summed E-state index contributed by atoms with van der Waals surface area (Å²) in [5.41, 5.74) is 0. The fourth-order valence-corrected chi connectivity index (χ4v) is 1.24. The van der Waals surface area contributed by atoms with Crippen LogP contribution in [-0.4, -0.2) is 42.4 Å². The van der Waals surface area contributed by atoms with Crippen LogP contribution in [0.3, 0.4) is 0 Å². The molecule has 11 heavy (non-hydrogen) atoms. The van der Waals surface area contributed by atoms with Crippen LogP contribution in [0.4, 0.5) is 0 Å². The molecule has 1 rings (SSSR count). The van der Waals surface area contributed by atoms with Gasteiger partial charge in [-0.25, -0.2) is 0 Å². The van der Waals surface area contributed by atoms with Gasteiger partial charge in [-0.2, -0.15) is 0 Å². The molecule has 0 amide bonds. The lowest BCUT2D eigenvalue weighted by atomic mass is 10.4. The molecule has 1 aliphatic heterocycles. The summed E-state index contributed by atoms with van der Waals surface area (Å²) in [5, 5.41) is 8.25. The lowest BCUT2D eigenvalue weighted by molar-refractivity contribution is -0.152. The van der Waals surface area contributed by atoms with E-state index in [9.17, 15) is 4.79 Å². The summed E-state index contributed by atoms with van der Waals surface area (Å²) in [5.74, 6) is -0.339. The van der Waals surface area contributed by atoms with Gasteiger partial charge in [0.1, 0.15) is 0 Å². The Labute approximate surface area is 65.8 Å². The van der Waals surface area contributed by atoms with Crippen molar-refractivity contribution in [2.24, 2.45) is 0 Å². The van der Waals surface area contributed by atoms with Crippen LogP contribution >= 0.6 is 0 Å². The van der Waals surface area contributed by atoms with Crippen molar-refractivity contribution < 1.29 is 14.6 Å². The van der Waals surface area contributed by atoms with Crippen LogP contribution in [0.25, 0.3) is 0 Å². The first kappa shape index (κ1) is 8.49. The van der Waals surface area contributed by atoms with Crippen LogP contribution in [-0.2, 0) is 9.53 Å². The molecule has 0 aromatic rings. The SMILES string of the molecule is O=C(CN1CCCC1)OCO. The van der Waals surface area contributed by atoms with E-state index in [1.54, 1.807) is 0 Å². The third kappa shape index (κ3) is 2.86. The Hall–Kier alpha value is -0.610. The van der Waals surface area contributed by atoms with Gasteiger partial charge in [-0.15, -0.1) is 0 Å². The van der Waals surface area contributed by atoms with Crippen molar-refractivity contribution in [3.05, 3.63) is 0 Å². The number of carbonyl (C=O) groups is 1. The first-order chi connectivity index (χ1) is 5.33. The van der Waals surface area contributed by atoms with Gasteiger partial charge in [-0.3, -0.25) is 9.69 Å². The van der Waals surface area contributed by atoms with Gasteiger partial charge in [0.25, 0.3) is 0 Å². The first-order valence-electron chi connectivity index (χ1n) is 3.82. The summed E-state index contributed by atoms with van der Waals surface area (Å²) in [6, 6.07) is 0. The van der Waals surface area contributed by atoms with Crippen LogP contribution in [0.2, 0.25) is 0 Å². The van der Waals surface area contributed by atoms with Gasteiger partial charge in [0.15, 0.2) is 6.79 Å². The molecule has 0 atom stereocenters. The fraction of sp³-hybridized carbons (Fsp3) is 0.857. The molecule has 0 aromatic heterocycles. The van der Waals surface area contributed by atoms with E-state index in [1.165, 1.54) is 0 Å². The van der Waals surface area contributed by atoms with E-state index in [4.69, 9.17) is 5.11 Å². The summed E-state index contributed by atoms with van der Waals surface area (Å²) in [6.45, 7) is 1.76. The first-order valence-corrected chi connectivity index (χ1v) is 3.82. The number of nitrogens with zero attached hydrogens (tertiary/aromatic N) is 1. The molecule has 64 valence electrons. The summed E-state index contributed by atoms with van der Waals surface area (Å²) in [6.07, 6.45) is 2.32. The van der Waals surface area contributed by atoms with Crippen LogP contribution in [0.15, 0.2) is 0 Å². The maximum atomic E-state index is 10.8. The quantitative estimate of drug-likeness (QED) is 0.448. The molecule has 0 aromatic carbocycles. The zero-order valence-corrected chi connectivity index (χ0v) is 6.45. The lowest BCUT2D eigenvalue weighted by Gasteiger charge is -2.11. The highest BCUT2D eigenvalue weighted by Crippen LogP contribution is 2.06. The molecule has 0 spiro atoms. The standard InChI is InChI=1S/C7H13NO3/c9-6-11-7(10)5-8-3-1-2-4-8/h9H,1-6H2. The number of ether oxygens (including phenoxy) is 1. The minimum absolute atomic E-state index is 0.320. The lowest BCUT2D eigenvalue weighted by Crippen LogP contribution is -2.28. The van der Waals surface area contributed by atoms with Crippen molar-refractivity contribution >= 4 is 5.97 Å². The van der Waals surface area contributed by atoms with E-state index in [-0.39, 0.29) is 5.97 Å². The molecule has 0 unspecified atom stereocenters. The number of likely N-dealkylation sites (tertiary alicyclic amines) is 1. The maximum absolute atomic E-state index is 10.8. The molecule has 4 nitrogen and oxygen atoms in total. The highest BCUT2D eigenvalue weighted by molar-refractivity contribution is 5.71. The molecule has 0 radical (unpaired) electrons. The number of rotatable bonds is 3. The van der Waals surface area contributed by atoms with Gasteiger partial charge >= 0.3 is 5.97 Å². The molecule has 1 aliphatic rings. The smallest absolute Gasteiger partial charge is 0.322 e. The Bertz CT molecular complexity index is 132. The zero-order chi connectivity index (χ0) is 8.10. The Balaban J connectivity index is 2.13. The molecule has 4 heteroatoms. The average Bonchev–Trinajstić information content (AvgIpc) is 2.40. The van der Waals surface area contributed by atoms with Crippen LogP contribution in [0.1, 0.15) is 12.8 Å². The number of hydrogen-bond acceptors (Lipinski definition) is 4. The second-order valence-electron chi connectivity index (χ2n) is 2.63. The molecular formula is C7H13NO3. The monoisotopic (exact) mass is 159 g/mol. The predicted molar refractivity (Wildman–Crippen MR) is 38.9 cm³/mol. The van der Waals surface area contributed by atoms with Crippen molar-refractivity contribution in [2.45, 2.75) is 12.8 Å². The second kappa shape index (κ2) is 4.31. The van der Waals surface area contributed by atoms with Crippen molar-refractivity contribution in [2.75, 3.05) is 26.4 Å². The van der Waals surface area contributed by atoms with E-state index < -0.39 is 6.79 Å². The summed E-state index contributed by atoms with van der Waals surface area (Å²) in [4.78, 5) is 12.8. The molecule has 0 aliphatic carbocycles. The fourth-order valence-electron chi connectivity index (χ4n) is 1.24. The van der Waals surface area contributed by atoms with Gasteiger partial charge < -0.3 is 9.84 Å². The highest BCUT2D eigenvalue weighted by Gasteiger charge is 2.15. The Morgan fingerprint density at radius 3 is 2.64 bits per heavy atom. The number of hydrogen-bond donors (Lipinski definition) is 1. The third-order valence-corrected chi connectivity index (χ3v) is 1.78. The molecule has 0 bridgehead atoms. The predicted octanol–water partition coefficient (Wildman–Crippen LogP) is -0.425. The minimum atomic E-state index is -0.507. The average molecular weight is 159 g/mol. The van der Waals surface area contributed by atoms with E-state index in [2.05, 4.69) is 4.74 Å². The molecular weight excluding hydrogens is 146 g/mol. The summed E-state index contributed by atoms with van der Waals surface area (Å²) < 4.78 is 4.38. The van der Waals surface area contributed by atoms with E-state index in [0.717, 1.165) is 25.9 Å². The largest absolute Gasteiger partial charge is 0.438 e. The molecule has 1 saturated heterocycles. The van der Waals surface area contributed by atoms with Crippen LogP contribution in [0, 0.1) is 0 Å². The van der Waals surface area contributed by atoms with Gasteiger partial charge in [0, 0.05) is 0 Å². The van der Waals surface area contributed by atoms with Crippen molar-refractivity contribution in [1.82, 2.24) is 4.90 Å². The molecule has 1 N–H and O–H groups in total. The van der Waals surface area contributed by atoms with Gasteiger partial charge in [-0.05, 0) is 25.9 Å². The van der Waals surface area contributed by atoms with Gasteiger partial charge in [0.05, 0.1) is 6.54 Å². The van der Waals surface area contributed by atoms with Crippen molar-refractivity contribution in [3.63, 3.8) is 0 Å². The topological polar surface area (TPSA) is 49.8 Å². The zero-order valence-electron chi connectivity index (χ0n) is 6.45. The Morgan fingerprint density at radius 1 is 1.45 bits per heavy atom. The molecule has 1 heterocycles. The normalized spacial score (nSPS) is 18.6. The van der Waals surface area contributed by atoms with Gasteiger partial charge in [-0.1, -0.05) is 0 Å². The van der Waals surface area contributed by atoms with Crippen LogP contribution in [0.5, 0.6) is 0 Å². The van der Waals surface area contributed by atoms with Crippen LogP contribution < -0.4 is 0 Å². The molecule has 0 saturated carbocycles. The Kier molecular flexibility index (Phi) is 3.32. The third-order valence-electron chi connectivity index (χ3n) is 1.78. The van der Waals surface area contributed by atoms with Gasteiger partial charge in [0.2, 0.25) is 0 Å². The van der Waals surface area contributed by atoms with Crippen molar-refractivity contribution in [3.8, 4) is 0 Å². The number of carbonyl (C=O) groups excluding carboxylic acids is 1.